The first kappa shape index (κ1) is 23.8. The molecule has 0 unspecified atom stereocenters. The predicted octanol–water partition coefficient (Wildman–Crippen LogP) is 4.42. The fourth-order valence-corrected chi connectivity index (χ4v) is 5.07. The van der Waals surface area contributed by atoms with Gasteiger partial charge >= 0.3 is 0 Å². The Bertz CT molecular complexity index is 1590. The molecule has 0 spiro atoms. The number of carbonyl (C=O) groups excluding carboxylic acids is 1. The van der Waals surface area contributed by atoms with Gasteiger partial charge in [-0.1, -0.05) is 54.2 Å². The average molecular weight is 519 g/mol. The molecule has 0 fully saturated rings. The summed E-state index contributed by atoms with van der Waals surface area (Å²) in [6.45, 7) is 0.385. The van der Waals surface area contributed by atoms with Crippen molar-refractivity contribution in [3.8, 4) is 11.3 Å². The summed E-state index contributed by atoms with van der Waals surface area (Å²) < 4.78 is 15.0. The van der Waals surface area contributed by atoms with Gasteiger partial charge in [0.05, 0.1) is 11.4 Å². The fraction of sp³-hybridized carbons (Fsp3) is 0.120. The van der Waals surface area contributed by atoms with E-state index in [9.17, 15) is 14.0 Å². The van der Waals surface area contributed by atoms with Gasteiger partial charge in [0.2, 0.25) is 5.91 Å². The van der Waals surface area contributed by atoms with Crippen LogP contribution in [0.1, 0.15) is 5.56 Å². The lowest BCUT2D eigenvalue weighted by Crippen LogP contribution is -2.26. The van der Waals surface area contributed by atoms with E-state index in [4.69, 9.17) is 0 Å². The molecule has 5 rings (SSSR count). The summed E-state index contributed by atoms with van der Waals surface area (Å²) in [7, 11) is 0. The molecule has 0 aliphatic carbocycles. The van der Waals surface area contributed by atoms with E-state index in [1.54, 1.807) is 17.5 Å². The number of amides is 1. The minimum atomic E-state index is -0.353. The summed E-state index contributed by atoms with van der Waals surface area (Å²) >= 11 is 2.39. The lowest BCUT2D eigenvalue weighted by Gasteiger charge is -2.12. The first-order chi connectivity index (χ1) is 17.6. The standard InChI is InChI=1S/C25H19FN6O2S2/c26-18-8-4-7-17(13-18)19-14-35-24(29-19)30-20(33)15-36-25-31-22-21(27-10-11-28-22)23(34)32(25)12-9-16-5-2-1-3-6-16/h1-8,10-11,13-14H,9,12,15H2,(H,29,30,33). The zero-order chi connectivity index (χ0) is 24.9. The van der Waals surface area contributed by atoms with Crippen molar-refractivity contribution in [2.24, 2.45) is 0 Å². The van der Waals surface area contributed by atoms with E-state index in [1.807, 2.05) is 30.3 Å². The Morgan fingerprint density at radius 2 is 1.89 bits per heavy atom. The van der Waals surface area contributed by atoms with Crippen LogP contribution in [0.3, 0.4) is 0 Å². The number of halogens is 1. The number of hydrogen-bond acceptors (Lipinski definition) is 8. The normalized spacial score (nSPS) is 11.0. The third-order valence-electron chi connectivity index (χ3n) is 5.23. The Labute approximate surface area is 213 Å². The van der Waals surface area contributed by atoms with E-state index in [1.165, 1.54) is 40.4 Å². The number of aryl methyl sites for hydroxylation is 1. The van der Waals surface area contributed by atoms with Crippen LogP contribution in [0.5, 0.6) is 0 Å². The minimum Gasteiger partial charge on any atom is -0.301 e. The Balaban J connectivity index is 1.31. The van der Waals surface area contributed by atoms with Crippen molar-refractivity contribution in [2.75, 3.05) is 11.1 Å². The van der Waals surface area contributed by atoms with E-state index in [0.29, 0.717) is 34.5 Å². The second-order valence-corrected chi connectivity index (χ2v) is 9.50. The van der Waals surface area contributed by atoms with Crippen LogP contribution in [0, 0.1) is 5.82 Å². The van der Waals surface area contributed by atoms with Gasteiger partial charge in [0.25, 0.3) is 5.56 Å². The number of fused-ring (bicyclic) bond motifs is 1. The van der Waals surface area contributed by atoms with E-state index in [2.05, 4.69) is 25.3 Å². The smallest absolute Gasteiger partial charge is 0.282 e. The molecule has 5 aromatic rings. The molecular formula is C25H19FN6O2S2. The van der Waals surface area contributed by atoms with Gasteiger partial charge < -0.3 is 5.32 Å². The Morgan fingerprint density at radius 1 is 1.06 bits per heavy atom. The quantitative estimate of drug-likeness (QED) is 0.240. The van der Waals surface area contributed by atoms with Crippen molar-refractivity contribution in [3.05, 3.63) is 94.1 Å². The zero-order valence-electron chi connectivity index (χ0n) is 18.8. The molecule has 180 valence electrons. The molecule has 1 N–H and O–H groups in total. The summed E-state index contributed by atoms with van der Waals surface area (Å²) in [5, 5.41) is 5.30. The van der Waals surface area contributed by atoms with E-state index in [-0.39, 0.29) is 34.2 Å². The second-order valence-electron chi connectivity index (χ2n) is 7.70. The van der Waals surface area contributed by atoms with Gasteiger partial charge in [0, 0.05) is 29.9 Å². The molecule has 0 saturated heterocycles. The van der Waals surface area contributed by atoms with Crippen molar-refractivity contribution in [3.63, 3.8) is 0 Å². The molecule has 36 heavy (non-hydrogen) atoms. The summed E-state index contributed by atoms with van der Waals surface area (Å²) in [5.41, 5.74) is 2.41. The third-order valence-corrected chi connectivity index (χ3v) is 6.96. The van der Waals surface area contributed by atoms with Crippen molar-refractivity contribution >= 4 is 45.3 Å². The van der Waals surface area contributed by atoms with Crippen LogP contribution in [-0.2, 0) is 17.8 Å². The maximum atomic E-state index is 13.5. The van der Waals surface area contributed by atoms with Gasteiger partial charge in [0.15, 0.2) is 21.5 Å². The van der Waals surface area contributed by atoms with E-state index >= 15 is 0 Å². The van der Waals surface area contributed by atoms with Gasteiger partial charge in [-0.05, 0) is 24.1 Å². The van der Waals surface area contributed by atoms with Crippen LogP contribution in [-0.4, -0.2) is 36.2 Å². The molecule has 2 aromatic carbocycles. The number of carbonyl (C=O) groups is 1. The Hall–Kier alpha value is -3.96. The van der Waals surface area contributed by atoms with Gasteiger partial charge in [-0.15, -0.1) is 11.3 Å². The molecule has 0 atom stereocenters. The largest absolute Gasteiger partial charge is 0.301 e. The number of benzene rings is 2. The number of nitrogens with zero attached hydrogens (tertiary/aromatic N) is 5. The molecule has 8 nitrogen and oxygen atoms in total. The average Bonchev–Trinajstić information content (AvgIpc) is 3.36. The van der Waals surface area contributed by atoms with Crippen LogP contribution in [0.4, 0.5) is 9.52 Å². The lowest BCUT2D eigenvalue weighted by molar-refractivity contribution is -0.113. The lowest BCUT2D eigenvalue weighted by atomic mass is 10.1. The van der Waals surface area contributed by atoms with Crippen LogP contribution in [0.25, 0.3) is 22.4 Å². The molecule has 0 aliphatic heterocycles. The molecule has 0 radical (unpaired) electrons. The topological polar surface area (TPSA) is 103 Å². The third kappa shape index (κ3) is 5.47. The minimum absolute atomic E-state index is 0.0123. The maximum absolute atomic E-state index is 13.5. The number of nitrogens with one attached hydrogen (secondary N) is 1. The van der Waals surface area contributed by atoms with Crippen LogP contribution >= 0.6 is 23.1 Å². The molecule has 3 aromatic heterocycles. The molecular weight excluding hydrogens is 499 g/mol. The second kappa shape index (κ2) is 10.8. The number of hydrogen-bond donors (Lipinski definition) is 1. The first-order valence-corrected chi connectivity index (χ1v) is 12.8. The number of aromatic nitrogens is 5. The fourth-order valence-electron chi connectivity index (χ4n) is 3.52. The van der Waals surface area contributed by atoms with Crippen molar-refractivity contribution in [1.29, 1.82) is 0 Å². The van der Waals surface area contributed by atoms with E-state index in [0.717, 1.165) is 17.3 Å². The molecule has 11 heteroatoms. The Morgan fingerprint density at radius 3 is 2.72 bits per heavy atom. The van der Waals surface area contributed by atoms with Gasteiger partial charge in [-0.3, -0.25) is 14.2 Å². The summed E-state index contributed by atoms with van der Waals surface area (Å²) in [6.07, 6.45) is 3.55. The van der Waals surface area contributed by atoms with Crippen molar-refractivity contribution in [2.45, 2.75) is 18.1 Å². The van der Waals surface area contributed by atoms with Crippen LogP contribution in [0.2, 0.25) is 0 Å². The molecule has 0 bridgehead atoms. The van der Waals surface area contributed by atoms with Crippen molar-refractivity contribution < 1.29 is 9.18 Å². The highest BCUT2D eigenvalue weighted by atomic mass is 32.2. The molecule has 3 heterocycles. The monoisotopic (exact) mass is 518 g/mol. The predicted molar refractivity (Wildman–Crippen MR) is 139 cm³/mol. The molecule has 0 saturated carbocycles. The number of anilines is 1. The van der Waals surface area contributed by atoms with Crippen LogP contribution in [0.15, 0.2) is 82.3 Å². The highest BCUT2D eigenvalue weighted by Gasteiger charge is 2.16. The number of thiazole rings is 1. The van der Waals surface area contributed by atoms with Gasteiger partial charge in [-0.25, -0.2) is 24.3 Å². The van der Waals surface area contributed by atoms with E-state index < -0.39 is 0 Å². The SMILES string of the molecule is O=C(CSc1nc2nccnc2c(=O)n1CCc1ccccc1)Nc1nc(-c2cccc(F)c2)cs1. The highest BCUT2D eigenvalue weighted by molar-refractivity contribution is 7.99. The van der Waals surface area contributed by atoms with Crippen LogP contribution < -0.4 is 10.9 Å². The zero-order valence-corrected chi connectivity index (χ0v) is 20.4. The molecule has 1 amide bonds. The van der Waals surface area contributed by atoms with Gasteiger partial charge in [-0.2, -0.15) is 0 Å². The first-order valence-electron chi connectivity index (χ1n) is 11.0. The van der Waals surface area contributed by atoms with Gasteiger partial charge in [0.1, 0.15) is 5.82 Å². The highest BCUT2D eigenvalue weighted by Crippen LogP contribution is 2.26. The van der Waals surface area contributed by atoms with Crippen molar-refractivity contribution in [1.82, 2.24) is 24.5 Å². The summed E-state index contributed by atoms with van der Waals surface area (Å²) in [4.78, 5) is 43.0. The number of rotatable bonds is 8. The summed E-state index contributed by atoms with van der Waals surface area (Å²) in [6, 6.07) is 15.9. The summed E-state index contributed by atoms with van der Waals surface area (Å²) in [5.74, 6) is -0.644. The molecule has 0 aliphatic rings. The maximum Gasteiger partial charge on any atom is 0.282 e. The Kier molecular flexibility index (Phi) is 7.10. The number of thioether (sulfide) groups is 1.